The average Bonchev–Trinajstić information content (AvgIpc) is 2.16. The largest absolute Gasteiger partial charge is 0.469 e. The molecule has 2 radical (unpaired) electrons. The maximum atomic E-state index is 10.7. The molecule has 0 heterocycles. The molecule has 0 aliphatic rings. The molecule has 14 heavy (non-hydrogen) atoms. The van der Waals surface area contributed by atoms with E-state index in [1.807, 2.05) is 0 Å². The quantitative estimate of drug-likeness (QED) is 0.356. The van der Waals surface area contributed by atoms with Crippen LogP contribution in [0.5, 0.6) is 0 Å². The van der Waals surface area contributed by atoms with Crippen LogP contribution in [0.1, 0.15) is 32.6 Å². The molecule has 0 aromatic carbocycles. The fourth-order valence-corrected chi connectivity index (χ4v) is 0.988. The van der Waals surface area contributed by atoms with Crippen LogP contribution in [0.2, 0.25) is 0 Å². The lowest BCUT2D eigenvalue weighted by atomic mass is 10.1. The number of esters is 1. The van der Waals surface area contributed by atoms with E-state index in [-0.39, 0.29) is 11.9 Å². The summed E-state index contributed by atoms with van der Waals surface area (Å²) < 4.78 is 4.49. The Morgan fingerprint density at radius 2 is 1.93 bits per heavy atom. The molecule has 0 atom stereocenters. The van der Waals surface area contributed by atoms with Crippen molar-refractivity contribution < 1.29 is 14.3 Å². The van der Waals surface area contributed by atoms with E-state index in [9.17, 15) is 9.59 Å². The lowest BCUT2D eigenvalue weighted by Crippen LogP contribution is -2.26. The van der Waals surface area contributed by atoms with Gasteiger partial charge < -0.3 is 9.55 Å². The van der Waals surface area contributed by atoms with E-state index in [0.29, 0.717) is 13.0 Å². The molecule has 4 nitrogen and oxygen atoms in total. The van der Waals surface area contributed by atoms with E-state index in [1.54, 1.807) is 0 Å². The number of rotatable bonds is 6. The molecule has 78 valence electrons. The number of carbonyl (C=O) groups excluding carboxylic acids is 2. The Kier molecular flexibility index (Phi) is 6.89. The number of nitrogens with zero attached hydrogens (tertiary/aromatic N) is 1. The topological polar surface area (TPSA) is 46.6 Å². The van der Waals surface area contributed by atoms with Crippen molar-refractivity contribution >= 4 is 19.9 Å². The van der Waals surface area contributed by atoms with Gasteiger partial charge in [0.05, 0.1) is 7.11 Å². The summed E-state index contributed by atoms with van der Waals surface area (Å²) in [6, 6.07) is 0. The summed E-state index contributed by atoms with van der Waals surface area (Å²) in [4.78, 5) is 22.6. The van der Waals surface area contributed by atoms with E-state index in [0.717, 1.165) is 19.3 Å². The summed E-state index contributed by atoms with van der Waals surface area (Å²) in [5.41, 5.74) is 0. The maximum absolute atomic E-state index is 10.7. The van der Waals surface area contributed by atoms with E-state index in [2.05, 4.69) is 4.74 Å². The number of carbonyl (C=O) groups is 2. The Hall–Kier alpha value is -0.995. The van der Waals surface area contributed by atoms with Crippen molar-refractivity contribution in [2.75, 3.05) is 13.7 Å². The van der Waals surface area contributed by atoms with E-state index in [4.69, 9.17) is 7.98 Å². The van der Waals surface area contributed by atoms with Crippen molar-refractivity contribution in [1.82, 2.24) is 4.81 Å². The van der Waals surface area contributed by atoms with Gasteiger partial charge in [-0.1, -0.05) is 6.42 Å². The summed E-state index contributed by atoms with van der Waals surface area (Å²) in [6.07, 6.45) is 2.89. The molecule has 0 bridgehead atoms. The Morgan fingerprint density at radius 3 is 2.43 bits per heavy atom. The van der Waals surface area contributed by atoms with Gasteiger partial charge in [0.2, 0.25) is 13.9 Å². The Labute approximate surface area is 86.0 Å². The Morgan fingerprint density at radius 1 is 1.29 bits per heavy atom. The van der Waals surface area contributed by atoms with Crippen LogP contribution in [0, 0.1) is 0 Å². The van der Waals surface area contributed by atoms with Gasteiger partial charge in [-0.05, 0) is 12.8 Å². The zero-order valence-corrected chi connectivity index (χ0v) is 8.78. The van der Waals surface area contributed by atoms with Crippen LogP contribution in [0.25, 0.3) is 0 Å². The summed E-state index contributed by atoms with van der Waals surface area (Å²) >= 11 is 0. The van der Waals surface area contributed by atoms with Crippen LogP contribution in [-0.4, -0.2) is 38.3 Å². The zero-order chi connectivity index (χ0) is 11.0. The van der Waals surface area contributed by atoms with Crippen molar-refractivity contribution in [3.8, 4) is 0 Å². The van der Waals surface area contributed by atoms with E-state index >= 15 is 0 Å². The highest BCUT2D eigenvalue weighted by Gasteiger charge is 2.02. The van der Waals surface area contributed by atoms with Crippen LogP contribution in [0.4, 0.5) is 0 Å². The van der Waals surface area contributed by atoms with Crippen LogP contribution in [-0.2, 0) is 14.3 Å². The minimum atomic E-state index is -0.193. The lowest BCUT2D eigenvalue weighted by molar-refractivity contribution is -0.140. The van der Waals surface area contributed by atoms with Crippen molar-refractivity contribution in [1.29, 1.82) is 0 Å². The SMILES string of the molecule is [B]N(CCCCCC(=O)OC)C(C)=O. The van der Waals surface area contributed by atoms with Crippen LogP contribution in [0.15, 0.2) is 0 Å². The third-order valence-electron chi connectivity index (χ3n) is 1.91. The molecule has 0 spiro atoms. The van der Waals surface area contributed by atoms with Gasteiger partial charge >= 0.3 is 5.97 Å². The monoisotopic (exact) mass is 197 g/mol. The first-order valence-electron chi connectivity index (χ1n) is 4.67. The smallest absolute Gasteiger partial charge is 0.305 e. The molecule has 5 heteroatoms. The second-order valence-electron chi connectivity index (χ2n) is 3.10. The highest BCUT2D eigenvalue weighted by Crippen LogP contribution is 2.01. The first-order chi connectivity index (χ1) is 6.57. The minimum Gasteiger partial charge on any atom is -0.469 e. The highest BCUT2D eigenvalue weighted by molar-refractivity contribution is 6.13. The van der Waals surface area contributed by atoms with Crippen molar-refractivity contribution in [2.45, 2.75) is 32.6 Å². The molecule has 0 aliphatic heterocycles. The first-order valence-corrected chi connectivity index (χ1v) is 4.67. The van der Waals surface area contributed by atoms with Gasteiger partial charge in [-0.3, -0.25) is 9.59 Å². The summed E-state index contributed by atoms with van der Waals surface area (Å²) in [6.45, 7) is 1.96. The molecule has 0 fully saturated rings. The van der Waals surface area contributed by atoms with Gasteiger partial charge in [0.1, 0.15) is 0 Å². The molecular formula is C9H16BNO3. The van der Waals surface area contributed by atoms with Gasteiger partial charge in [0, 0.05) is 19.9 Å². The second kappa shape index (κ2) is 7.41. The fraction of sp³-hybridized carbons (Fsp3) is 0.778. The zero-order valence-electron chi connectivity index (χ0n) is 8.78. The molecule has 1 amide bonds. The van der Waals surface area contributed by atoms with Gasteiger partial charge in [-0.15, -0.1) is 0 Å². The third-order valence-corrected chi connectivity index (χ3v) is 1.91. The molecule has 0 saturated heterocycles. The highest BCUT2D eigenvalue weighted by atomic mass is 16.5. The summed E-state index contributed by atoms with van der Waals surface area (Å²) in [5, 5.41) is 0. The fourth-order valence-electron chi connectivity index (χ4n) is 0.988. The number of ether oxygens (including phenoxy) is 1. The van der Waals surface area contributed by atoms with Gasteiger partial charge in [-0.25, -0.2) is 0 Å². The number of unbranched alkanes of at least 4 members (excludes halogenated alkanes) is 2. The van der Waals surface area contributed by atoms with Crippen LogP contribution < -0.4 is 0 Å². The van der Waals surface area contributed by atoms with Gasteiger partial charge in [-0.2, -0.15) is 0 Å². The van der Waals surface area contributed by atoms with Crippen LogP contribution in [0.3, 0.4) is 0 Å². The Balaban J connectivity index is 3.30. The number of hydrogen-bond acceptors (Lipinski definition) is 3. The molecule has 0 aliphatic carbocycles. The molecule has 0 rings (SSSR count). The predicted molar refractivity (Wildman–Crippen MR) is 53.6 cm³/mol. The van der Waals surface area contributed by atoms with Gasteiger partial charge in [0.15, 0.2) is 0 Å². The van der Waals surface area contributed by atoms with Crippen molar-refractivity contribution in [2.24, 2.45) is 0 Å². The van der Waals surface area contributed by atoms with Crippen LogP contribution >= 0.6 is 0 Å². The maximum Gasteiger partial charge on any atom is 0.305 e. The van der Waals surface area contributed by atoms with Gasteiger partial charge in [0.25, 0.3) is 0 Å². The number of hydrogen-bond donors (Lipinski definition) is 0. The Bertz CT molecular complexity index is 196. The molecule has 0 aromatic rings. The summed E-state index contributed by atoms with van der Waals surface area (Å²) in [5.74, 6) is -0.334. The number of methoxy groups -OCH3 is 1. The average molecular weight is 197 g/mol. The predicted octanol–water partition coefficient (Wildman–Crippen LogP) is 0.652. The minimum absolute atomic E-state index is 0.141. The van der Waals surface area contributed by atoms with Crippen molar-refractivity contribution in [3.63, 3.8) is 0 Å². The molecule has 0 saturated carbocycles. The molecular weight excluding hydrogens is 181 g/mol. The molecule has 0 N–H and O–H groups in total. The summed E-state index contributed by atoms with van der Waals surface area (Å²) in [7, 11) is 6.75. The second-order valence-corrected chi connectivity index (χ2v) is 3.10. The molecule has 0 aromatic heterocycles. The molecule has 0 unspecified atom stereocenters. The van der Waals surface area contributed by atoms with Crippen molar-refractivity contribution in [3.05, 3.63) is 0 Å². The van der Waals surface area contributed by atoms with E-state index in [1.165, 1.54) is 18.8 Å². The standard InChI is InChI=1S/C9H16BNO3/c1-8(12)11(10)7-5-3-4-6-9(13)14-2/h3-7H2,1-2H3. The third kappa shape index (κ3) is 6.51. The normalized spacial score (nSPS) is 9.57. The van der Waals surface area contributed by atoms with E-state index < -0.39 is 0 Å². The number of amides is 1. The lowest BCUT2D eigenvalue weighted by Gasteiger charge is -2.14. The first kappa shape index (κ1) is 13.0.